The molecule has 0 saturated carbocycles. The summed E-state index contributed by atoms with van der Waals surface area (Å²) in [5.74, 6) is 1.30. The Labute approximate surface area is 189 Å². The van der Waals surface area contributed by atoms with E-state index in [4.69, 9.17) is 14.2 Å². The molecule has 0 aliphatic rings. The van der Waals surface area contributed by atoms with Crippen LogP contribution in [0, 0.1) is 0 Å². The Bertz CT molecular complexity index is 1350. The van der Waals surface area contributed by atoms with Crippen molar-refractivity contribution in [1.82, 2.24) is 0 Å². The van der Waals surface area contributed by atoms with E-state index >= 15 is 0 Å². The van der Waals surface area contributed by atoms with Crippen LogP contribution in [0.1, 0.15) is 10.4 Å². The van der Waals surface area contributed by atoms with Gasteiger partial charge in [-0.15, -0.1) is 11.3 Å². The number of methoxy groups -OCH3 is 3. The van der Waals surface area contributed by atoms with E-state index in [0.717, 1.165) is 4.70 Å². The van der Waals surface area contributed by atoms with Crippen molar-refractivity contribution in [2.75, 3.05) is 26.6 Å². The minimum atomic E-state index is -0.355. The maximum absolute atomic E-state index is 13.4. The summed E-state index contributed by atoms with van der Waals surface area (Å²) < 4.78 is 16.6. The van der Waals surface area contributed by atoms with Crippen LogP contribution in [0.2, 0.25) is 0 Å². The smallest absolute Gasteiger partial charge is 0.256 e. The number of hydrogen-bond donors (Lipinski definition) is 1. The van der Waals surface area contributed by atoms with Gasteiger partial charge in [-0.25, -0.2) is 0 Å². The molecule has 0 aliphatic carbocycles. The number of amides is 1. The normalized spacial score (nSPS) is 10.6. The molecule has 3 aromatic carbocycles. The molecule has 162 valence electrons. The van der Waals surface area contributed by atoms with Gasteiger partial charge in [0.05, 0.1) is 26.9 Å². The average molecular weight is 448 g/mol. The van der Waals surface area contributed by atoms with Crippen molar-refractivity contribution < 1.29 is 19.0 Å². The Hall–Kier alpha value is -3.84. The van der Waals surface area contributed by atoms with E-state index in [9.17, 15) is 9.59 Å². The molecular formula is C25H21NO5S. The van der Waals surface area contributed by atoms with E-state index in [1.165, 1.54) is 25.6 Å². The van der Waals surface area contributed by atoms with Crippen LogP contribution in [-0.4, -0.2) is 27.2 Å². The third-order valence-corrected chi connectivity index (χ3v) is 6.14. The number of nitrogens with one attached hydrogen (secondary N) is 1. The second-order valence-corrected chi connectivity index (χ2v) is 7.94. The number of fused-ring (bicyclic) bond motifs is 1. The predicted octanol–water partition coefficient (Wildman–Crippen LogP) is 5.21. The maximum atomic E-state index is 13.4. The van der Waals surface area contributed by atoms with Crippen LogP contribution >= 0.6 is 11.3 Å². The van der Waals surface area contributed by atoms with Crippen LogP contribution < -0.4 is 25.0 Å². The first kappa shape index (κ1) is 21.4. The fourth-order valence-corrected chi connectivity index (χ4v) is 4.50. The van der Waals surface area contributed by atoms with Crippen molar-refractivity contribution in [1.29, 1.82) is 0 Å². The Morgan fingerprint density at radius 2 is 1.56 bits per heavy atom. The summed E-state index contributed by atoms with van der Waals surface area (Å²) in [7, 11) is 4.63. The summed E-state index contributed by atoms with van der Waals surface area (Å²) in [6.45, 7) is 0. The molecule has 7 heteroatoms. The molecule has 0 aliphatic heterocycles. The molecule has 0 spiro atoms. The highest BCUT2D eigenvalue weighted by Crippen LogP contribution is 2.35. The molecule has 0 atom stereocenters. The van der Waals surface area contributed by atoms with E-state index in [1.807, 2.05) is 30.3 Å². The molecule has 0 bridgehead atoms. The molecule has 0 radical (unpaired) electrons. The van der Waals surface area contributed by atoms with Crippen molar-refractivity contribution in [2.45, 2.75) is 0 Å². The molecule has 32 heavy (non-hydrogen) atoms. The number of rotatable bonds is 6. The lowest BCUT2D eigenvalue weighted by Gasteiger charge is -2.13. The third kappa shape index (κ3) is 4.02. The average Bonchev–Trinajstić information content (AvgIpc) is 2.84. The third-order valence-electron chi connectivity index (χ3n) is 5.05. The molecule has 0 saturated heterocycles. The van der Waals surface area contributed by atoms with Gasteiger partial charge in [0.25, 0.3) is 5.91 Å². The van der Waals surface area contributed by atoms with Crippen molar-refractivity contribution in [3.05, 3.63) is 82.5 Å². The van der Waals surface area contributed by atoms with E-state index in [-0.39, 0.29) is 11.3 Å². The van der Waals surface area contributed by atoms with Gasteiger partial charge in [0.1, 0.15) is 10.8 Å². The van der Waals surface area contributed by atoms with E-state index in [2.05, 4.69) is 5.32 Å². The fraction of sp³-hybridized carbons (Fsp3) is 0.120. The summed E-state index contributed by atoms with van der Waals surface area (Å²) in [6, 6.07) is 19.5. The van der Waals surface area contributed by atoms with Crippen LogP contribution in [0.15, 0.2) is 71.5 Å². The Morgan fingerprint density at radius 1 is 0.844 bits per heavy atom. The number of carbonyl (C=O) groups is 1. The van der Waals surface area contributed by atoms with Crippen molar-refractivity contribution in [2.24, 2.45) is 0 Å². The van der Waals surface area contributed by atoms with Crippen LogP contribution in [0.3, 0.4) is 0 Å². The topological polar surface area (TPSA) is 73.9 Å². The quantitative estimate of drug-likeness (QED) is 0.439. The summed E-state index contributed by atoms with van der Waals surface area (Å²) >= 11 is 1.35. The zero-order valence-corrected chi connectivity index (χ0v) is 18.6. The largest absolute Gasteiger partial charge is 0.497 e. The molecule has 4 aromatic rings. The van der Waals surface area contributed by atoms with Gasteiger partial charge in [0, 0.05) is 15.6 Å². The highest BCUT2D eigenvalue weighted by atomic mass is 32.1. The zero-order valence-electron chi connectivity index (χ0n) is 17.8. The van der Waals surface area contributed by atoms with Gasteiger partial charge in [-0.1, -0.05) is 24.3 Å². The molecule has 6 nitrogen and oxygen atoms in total. The maximum Gasteiger partial charge on any atom is 0.256 e. The first-order valence-corrected chi connectivity index (χ1v) is 10.6. The monoisotopic (exact) mass is 447 g/mol. The second kappa shape index (κ2) is 9.11. The predicted molar refractivity (Wildman–Crippen MR) is 128 cm³/mol. The Morgan fingerprint density at radius 3 is 2.25 bits per heavy atom. The summed E-state index contributed by atoms with van der Waals surface area (Å²) in [4.78, 5) is 26.5. The van der Waals surface area contributed by atoms with Crippen LogP contribution in [0.4, 0.5) is 5.00 Å². The van der Waals surface area contributed by atoms with Crippen molar-refractivity contribution >= 4 is 32.3 Å². The molecule has 4 rings (SSSR count). The minimum absolute atomic E-state index is 0.146. The van der Waals surface area contributed by atoms with Gasteiger partial charge in [-0.2, -0.15) is 0 Å². The van der Waals surface area contributed by atoms with Gasteiger partial charge in [-0.05, 0) is 48.0 Å². The number of hydrogen-bond acceptors (Lipinski definition) is 6. The number of ether oxygens (including phenoxy) is 3. The van der Waals surface area contributed by atoms with Gasteiger partial charge in [0.2, 0.25) is 0 Å². The fourth-order valence-electron chi connectivity index (χ4n) is 3.40. The number of benzene rings is 3. The van der Waals surface area contributed by atoms with E-state index in [1.54, 1.807) is 43.5 Å². The van der Waals surface area contributed by atoms with Gasteiger partial charge in [0.15, 0.2) is 16.9 Å². The standard InChI is InChI=1S/C25H21NO5S/c1-29-17-11-8-15(9-12-17)22-23(27)18-6-4-5-7-21(18)32-25(22)26-24(28)16-10-13-19(30-2)20(14-16)31-3/h4-14H,1-3H3,(H,26,28). The molecule has 1 heterocycles. The minimum Gasteiger partial charge on any atom is -0.497 e. The van der Waals surface area contributed by atoms with Gasteiger partial charge < -0.3 is 19.5 Å². The lowest BCUT2D eigenvalue weighted by atomic mass is 10.1. The molecular weight excluding hydrogens is 426 g/mol. The number of anilines is 1. The highest BCUT2D eigenvalue weighted by Gasteiger charge is 2.18. The van der Waals surface area contributed by atoms with Crippen molar-refractivity contribution in [3.63, 3.8) is 0 Å². The van der Waals surface area contributed by atoms with Crippen molar-refractivity contribution in [3.8, 4) is 28.4 Å². The lowest BCUT2D eigenvalue weighted by molar-refractivity contribution is 0.102. The first-order valence-electron chi connectivity index (χ1n) is 9.79. The zero-order chi connectivity index (χ0) is 22.7. The van der Waals surface area contributed by atoms with E-state index < -0.39 is 0 Å². The SMILES string of the molecule is COc1ccc(-c2c(NC(=O)c3ccc(OC)c(OC)c3)sc3ccccc3c2=O)cc1. The van der Waals surface area contributed by atoms with Gasteiger partial charge >= 0.3 is 0 Å². The molecule has 1 amide bonds. The first-order chi connectivity index (χ1) is 15.5. The summed E-state index contributed by atoms with van der Waals surface area (Å²) in [5.41, 5.74) is 1.37. The lowest BCUT2D eigenvalue weighted by Crippen LogP contribution is -2.15. The van der Waals surface area contributed by atoms with Gasteiger partial charge in [-0.3, -0.25) is 9.59 Å². The molecule has 0 fully saturated rings. The molecule has 0 unspecified atom stereocenters. The van der Waals surface area contributed by atoms with Crippen LogP contribution in [0.5, 0.6) is 17.2 Å². The second-order valence-electron chi connectivity index (χ2n) is 6.88. The molecule has 1 N–H and O–H groups in total. The Balaban J connectivity index is 1.82. The molecule has 1 aromatic heterocycles. The number of carbonyl (C=O) groups excluding carboxylic acids is 1. The Kier molecular flexibility index (Phi) is 6.09. The van der Waals surface area contributed by atoms with E-state index in [0.29, 0.717) is 44.3 Å². The van der Waals surface area contributed by atoms with Crippen LogP contribution in [-0.2, 0) is 0 Å². The highest BCUT2D eigenvalue weighted by molar-refractivity contribution is 7.22. The summed E-state index contributed by atoms with van der Waals surface area (Å²) in [6.07, 6.45) is 0. The summed E-state index contributed by atoms with van der Waals surface area (Å²) in [5, 5.41) is 4.00. The van der Waals surface area contributed by atoms with Crippen LogP contribution in [0.25, 0.3) is 21.2 Å².